The Bertz CT molecular complexity index is 1010. The van der Waals surface area contributed by atoms with E-state index >= 15 is 0 Å². The largest absolute Gasteiger partial charge is 0.454 e. The maximum absolute atomic E-state index is 6.00. The van der Waals surface area contributed by atoms with Gasteiger partial charge in [0.2, 0.25) is 18.5 Å². The molecule has 0 spiro atoms. The molecule has 1 aromatic heterocycles. The molecule has 0 atom stereocenters. The molecule has 2 aromatic carbocycles. The Hall–Kier alpha value is -2.53. The molecule has 29 heavy (non-hydrogen) atoms. The number of guanidine groups is 1. The summed E-state index contributed by atoms with van der Waals surface area (Å²) in [4.78, 5) is 8.57. The lowest BCUT2D eigenvalue weighted by Gasteiger charge is -2.10. The zero-order valence-corrected chi connectivity index (χ0v) is 18.6. The Morgan fingerprint density at radius 2 is 1.93 bits per heavy atom. The van der Waals surface area contributed by atoms with E-state index in [1.807, 2.05) is 30.3 Å². The van der Waals surface area contributed by atoms with Gasteiger partial charge in [-0.1, -0.05) is 35.0 Å². The average Bonchev–Trinajstić information content (AvgIpc) is 3.37. The van der Waals surface area contributed by atoms with Crippen molar-refractivity contribution in [1.29, 1.82) is 0 Å². The Labute approximate surface area is 189 Å². The quantitative estimate of drug-likeness (QED) is 0.297. The van der Waals surface area contributed by atoms with Crippen LogP contribution in [0, 0.1) is 0 Å². The molecule has 2 N–H and O–H groups in total. The lowest BCUT2D eigenvalue weighted by molar-refractivity contribution is 0.174. The van der Waals surface area contributed by atoms with Gasteiger partial charge < -0.3 is 24.6 Å². The fraction of sp³-hybridized carbons (Fsp3) is 0.211. The zero-order valence-electron chi connectivity index (χ0n) is 15.5. The van der Waals surface area contributed by atoms with E-state index in [1.54, 1.807) is 19.2 Å². The first-order valence-corrected chi connectivity index (χ1v) is 9.00. The van der Waals surface area contributed by atoms with Gasteiger partial charge in [0.1, 0.15) is 0 Å². The van der Waals surface area contributed by atoms with Crippen molar-refractivity contribution in [2.45, 2.75) is 13.1 Å². The summed E-state index contributed by atoms with van der Waals surface area (Å²) in [7, 11) is 1.69. The van der Waals surface area contributed by atoms with E-state index in [-0.39, 0.29) is 30.8 Å². The third-order valence-electron chi connectivity index (χ3n) is 4.08. The molecule has 0 saturated carbocycles. The van der Waals surface area contributed by atoms with Crippen molar-refractivity contribution in [2.75, 3.05) is 13.8 Å². The second-order valence-electron chi connectivity index (χ2n) is 5.99. The van der Waals surface area contributed by atoms with Crippen molar-refractivity contribution >= 4 is 41.5 Å². The molecule has 10 heteroatoms. The maximum Gasteiger partial charge on any atom is 0.246 e. The van der Waals surface area contributed by atoms with E-state index in [9.17, 15) is 0 Å². The number of aliphatic imine (C=N–C) groups is 1. The number of ether oxygens (including phenoxy) is 2. The summed E-state index contributed by atoms with van der Waals surface area (Å²) in [6, 6.07) is 13.1. The number of hydrogen-bond acceptors (Lipinski definition) is 6. The minimum Gasteiger partial charge on any atom is -0.454 e. The number of nitrogens with zero attached hydrogens (tertiary/aromatic N) is 3. The number of benzene rings is 2. The van der Waals surface area contributed by atoms with Crippen molar-refractivity contribution in [3.05, 3.63) is 58.9 Å². The molecule has 0 unspecified atom stereocenters. The highest BCUT2D eigenvalue weighted by Gasteiger charge is 2.13. The van der Waals surface area contributed by atoms with Crippen LogP contribution in [-0.2, 0) is 13.1 Å². The molecule has 2 heterocycles. The predicted molar refractivity (Wildman–Crippen MR) is 120 cm³/mol. The fourth-order valence-electron chi connectivity index (χ4n) is 2.69. The van der Waals surface area contributed by atoms with Crippen molar-refractivity contribution in [3.63, 3.8) is 0 Å². The van der Waals surface area contributed by atoms with Crippen LogP contribution in [0.15, 0.2) is 52.0 Å². The highest BCUT2D eigenvalue weighted by molar-refractivity contribution is 14.0. The summed E-state index contributed by atoms with van der Waals surface area (Å²) in [5, 5.41) is 11.0. The highest BCUT2D eigenvalue weighted by atomic mass is 127. The fourth-order valence-corrected chi connectivity index (χ4v) is 2.88. The van der Waals surface area contributed by atoms with Gasteiger partial charge in [-0.3, -0.25) is 4.99 Å². The van der Waals surface area contributed by atoms with Crippen LogP contribution in [0.4, 0.5) is 0 Å². The van der Waals surface area contributed by atoms with Crippen LogP contribution < -0.4 is 20.1 Å². The molecule has 0 amide bonds. The Morgan fingerprint density at radius 1 is 1.10 bits per heavy atom. The lowest BCUT2D eigenvalue weighted by atomic mass is 10.2. The molecule has 0 fully saturated rings. The number of hydrogen-bond donors (Lipinski definition) is 2. The van der Waals surface area contributed by atoms with Crippen LogP contribution in [0.2, 0.25) is 5.02 Å². The van der Waals surface area contributed by atoms with Crippen LogP contribution in [0.5, 0.6) is 11.5 Å². The normalized spacial score (nSPS) is 12.4. The number of nitrogens with one attached hydrogen (secondary N) is 2. The number of rotatable bonds is 5. The smallest absolute Gasteiger partial charge is 0.246 e. The molecule has 3 aromatic rings. The summed E-state index contributed by atoms with van der Waals surface area (Å²) in [6.45, 7) is 1.18. The topological polar surface area (TPSA) is 93.8 Å². The van der Waals surface area contributed by atoms with Gasteiger partial charge in [-0.15, -0.1) is 24.0 Å². The van der Waals surface area contributed by atoms with Crippen molar-refractivity contribution in [3.8, 4) is 22.9 Å². The Balaban J connectivity index is 0.00000240. The van der Waals surface area contributed by atoms with Gasteiger partial charge in [0.15, 0.2) is 17.5 Å². The molecule has 1 aliphatic rings. The summed E-state index contributed by atoms with van der Waals surface area (Å²) in [6.07, 6.45) is 0. The van der Waals surface area contributed by atoms with Gasteiger partial charge >= 0.3 is 0 Å². The van der Waals surface area contributed by atoms with Crippen LogP contribution in [-0.4, -0.2) is 29.9 Å². The summed E-state index contributed by atoms with van der Waals surface area (Å²) < 4.78 is 16.0. The highest BCUT2D eigenvalue weighted by Crippen LogP contribution is 2.32. The maximum atomic E-state index is 6.00. The van der Waals surface area contributed by atoms with Crippen molar-refractivity contribution in [1.82, 2.24) is 20.8 Å². The van der Waals surface area contributed by atoms with Crippen LogP contribution in [0.25, 0.3) is 11.4 Å². The minimum absolute atomic E-state index is 0. The minimum atomic E-state index is 0. The predicted octanol–water partition coefficient (Wildman–Crippen LogP) is 3.60. The summed E-state index contributed by atoms with van der Waals surface area (Å²) >= 11 is 6.00. The van der Waals surface area contributed by atoms with Crippen molar-refractivity contribution in [2.24, 2.45) is 4.99 Å². The molecule has 152 valence electrons. The average molecular weight is 528 g/mol. The second kappa shape index (κ2) is 9.79. The van der Waals surface area contributed by atoms with Gasteiger partial charge in [0.05, 0.1) is 6.54 Å². The molecule has 0 aliphatic carbocycles. The monoisotopic (exact) mass is 527 g/mol. The molecule has 4 rings (SSSR count). The van der Waals surface area contributed by atoms with Gasteiger partial charge in [-0.05, 0) is 29.8 Å². The molecule has 0 radical (unpaired) electrons. The van der Waals surface area contributed by atoms with E-state index in [2.05, 4.69) is 25.8 Å². The molecular formula is C19H19ClIN5O3. The van der Waals surface area contributed by atoms with Crippen molar-refractivity contribution < 1.29 is 14.0 Å². The zero-order chi connectivity index (χ0) is 19.3. The number of aromatic nitrogens is 2. The second-order valence-corrected chi connectivity index (χ2v) is 6.43. The number of halogens is 2. The SMILES string of the molecule is CN=C(NCc1ccc2c(c1)OCO2)NCc1nc(-c2cccc(Cl)c2)no1.I. The summed E-state index contributed by atoms with van der Waals surface area (Å²) in [5.41, 5.74) is 1.85. The third kappa shape index (κ3) is 5.30. The van der Waals surface area contributed by atoms with Crippen LogP contribution in [0.3, 0.4) is 0 Å². The third-order valence-corrected chi connectivity index (χ3v) is 4.31. The summed E-state index contributed by atoms with van der Waals surface area (Å²) in [5.74, 6) is 3.06. The Kier molecular flexibility index (Phi) is 7.15. The first-order valence-electron chi connectivity index (χ1n) is 8.63. The van der Waals surface area contributed by atoms with Gasteiger partial charge in [-0.2, -0.15) is 4.98 Å². The van der Waals surface area contributed by atoms with Crippen LogP contribution >= 0.6 is 35.6 Å². The molecule has 0 bridgehead atoms. The van der Waals surface area contributed by atoms with E-state index in [1.165, 1.54) is 0 Å². The molecule has 1 aliphatic heterocycles. The van der Waals surface area contributed by atoms with Gasteiger partial charge in [0.25, 0.3) is 0 Å². The first kappa shape index (κ1) is 21.2. The van der Waals surface area contributed by atoms with Crippen LogP contribution in [0.1, 0.15) is 11.5 Å². The molecular weight excluding hydrogens is 509 g/mol. The first-order chi connectivity index (χ1) is 13.7. The van der Waals surface area contributed by atoms with E-state index in [4.69, 9.17) is 25.6 Å². The van der Waals surface area contributed by atoms with Gasteiger partial charge in [-0.25, -0.2) is 0 Å². The van der Waals surface area contributed by atoms with E-state index < -0.39 is 0 Å². The number of fused-ring (bicyclic) bond motifs is 1. The van der Waals surface area contributed by atoms with E-state index in [0.29, 0.717) is 35.8 Å². The van der Waals surface area contributed by atoms with E-state index in [0.717, 1.165) is 22.6 Å². The molecule has 8 nitrogen and oxygen atoms in total. The Morgan fingerprint density at radius 3 is 2.76 bits per heavy atom. The lowest BCUT2D eigenvalue weighted by Crippen LogP contribution is -2.36. The van der Waals surface area contributed by atoms with Gasteiger partial charge in [0, 0.05) is 24.2 Å². The molecule has 0 saturated heterocycles. The standard InChI is InChI=1S/C19H18ClN5O3.HI/c1-21-19(22-9-12-5-6-15-16(7-12)27-11-26-15)23-10-17-24-18(25-28-17)13-3-2-4-14(20)8-13;/h2-8H,9-11H2,1H3,(H2,21,22,23);1H.